The van der Waals surface area contributed by atoms with Gasteiger partial charge in [-0.15, -0.1) is 11.3 Å². The van der Waals surface area contributed by atoms with E-state index in [1.807, 2.05) is 24.4 Å². The average molecular weight is 341 g/mol. The summed E-state index contributed by atoms with van der Waals surface area (Å²) < 4.78 is 0. The molecule has 0 radical (unpaired) electrons. The van der Waals surface area contributed by atoms with E-state index in [1.54, 1.807) is 11.3 Å². The average Bonchev–Trinajstić information content (AvgIpc) is 3.33. The van der Waals surface area contributed by atoms with E-state index in [2.05, 4.69) is 32.3 Å². The SMILES string of the molecule is O=C([C@H]1CCCN(c2ccccn2)C1)N1CCC[C@H]1c1cccs1. The normalized spacial score (nSPS) is 24.3. The molecule has 4 heterocycles. The van der Waals surface area contributed by atoms with Gasteiger partial charge in [-0.1, -0.05) is 12.1 Å². The Bertz CT molecular complexity index is 673. The molecule has 2 atom stereocenters. The molecule has 1 amide bonds. The quantitative estimate of drug-likeness (QED) is 0.854. The summed E-state index contributed by atoms with van der Waals surface area (Å²) in [4.78, 5) is 23.4. The van der Waals surface area contributed by atoms with Gasteiger partial charge in [-0.05, 0) is 49.3 Å². The van der Waals surface area contributed by atoms with Crippen molar-refractivity contribution in [2.45, 2.75) is 31.7 Å². The van der Waals surface area contributed by atoms with Crippen molar-refractivity contribution >= 4 is 23.1 Å². The number of anilines is 1. The number of rotatable bonds is 3. The molecule has 0 unspecified atom stereocenters. The van der Waals surface area contributed by atoms with Gasteiger partial charge in [0.15, 0.2) is 0 Å². The van der Waals surface area contributed by atoms with Crippen molar-refractivity contribution in [3.05, 3.63) is 46.8 Å². The fourth-order valence-corrected chi connectivity index (χ4v) is 4.84. The summed E-state index contributed by atoms with van der Waals surface area (Å²) in [5, 5.41) is 2.11. The number of hydrogen-bond acceptors (Lipinski definition) is 4. The molecule has 0 saturated carbocycles. The van der Waals surface area contributed by atoms with Gasteiger partial charge in [-0.25, -0.2) is 4.98 Å². The van der Waals surface area contributed by atoms with E-state index >= 15 is 0 Å². The Hall–Kier alpha value is -1.88. The summed E-state index contributed by atoms with van der Waals surface area (Å²) >= 11 is 1.77. The van der Waals surface area contributed by atoms with E-state index in [-0.39, 0.29) is 5.92 Å². The van der Waals surface area contributed by atoms with Gasteiger partial charge in [0.1, 0.15) is 5.82 Å². The highest BCUT2D eigenvalue weighted by atomic mass is 32.1. The molecule has 2 aromatic heterocycles. The van der Waals surface area contributed by atoms with Crippen LogP contribution in [0, 0.1) is 5.92 Å². The molecule has 0 N–H and O–H groups in total. The van der Waals surface area contributed by atoms with Crippen LogP contribution in [0.5, 0.6) is 0 Å². The van der Waals surface area contributed by atoms with Crippen molar-refractivity contribution in [3.63, 3.8) is 0 Å². The third kappa shape index (κ3) is 3.05. The van der Waals surface area contributed by atoms with Crippen molar-refractivity contribution in [2.24, 2.45) is 5.92 Å². The van der Waals surface area contributed by atoms with Crippen LogP contribution < -0.4 is 4.90 Å². The Balaban J connectivity index is 1.47. The predicted octanol–water partition coefficient (Wildman–Crippen LogP) is 3.72. The maximum Gasteiger partial charge on any atom is 0.228 e. The third-order valence-corrected chi connectivity index (χ3v) is 6.12. The van der Waals surface area contributed by atoms with Crippen LogP contribution in [0.2, 0.25) is 0 Å². The fourth-order valence-electron chi connectivity index (χ4n) is 3.97. The summed E-state index contributed by atoms with van der Waals surface area (Å²) in [5.41, 5.74) is 0. The highest BCUT2D eigenvalue weighted by Crippen LogP contribution is 2.36. The maximum atomic E-state index is 13.2. The van der Waals surface area contributed by atoms with Gasteiger partial charge in [0.2, 0.25) is 5.91 Å². The highest BCUT2D eigenvalue weighted by molar-refractivity contribution is 7.10. The Morgan fingerprint density at radius 1 is 1.12 bits per heavy atom. The minimum atomic E-state index is 0.0984. The molecular weight excluding hydrogens is 318 g/mol. The zero-order valence-corrected chi connectivity index (χ0v) is 14.6. The third-order valence-electron chi connectivity index (χ3n) is 5.15. The number of thiophene rings is 1. The first-order valence-electron chi connectivity index (χ1n) is 8.83. The van der Waals surface area contributed by atoms with Crippen LogP contribution in [0.4, 0.5) is 5.82 Å². The second-order valence-corrected chi connectivity index (χ2v) is 7.66. The second-order valence-electron chi connectivity index (χ2n) is 6.68. The van der Waals surface area contributed by atoms with Crippen LogP contribution in [0.3, 0.4) is 0 Å². The molecule has 2 fully saturated rings. The molecule has 4 rings (SSSR count). The molecule has 4 nitrogen and oxygen atoms in total. The first kappa shape index (κ1) is 15.6. The van der Waals surface area contributed by atoms with E-state index in [9.17, 15) is 4.79 Å². The summed E-state index contributed by atoms with van der Waals surface area (Å²) in [6, 6.07) is 10.5. The predicted molar refractivity (Wildman–Crippen MR) is 97.2 cm³/mol. The van der Waals surface area contributed by atoms with E-state index in [1.165, 1.54) is 4.88 Å². The zero-order valence-electron chi connectivity index (χ0n) is 13.8. The fraction of sp³-hybridized carbons (Fsp3) is 0.474. The lowest BCUT2D eigenvalue weighted by Crippen LogP contribution is -2.44. The van der Waals surface area contributed by atoms with Crippen LogP contribution in [0.25, 0.3) is 0 Å². The van der Waals surface area contributed by atoms with E-state index in [4.69, 9.17) is 0 Å². The number of aromatic nitrogens is 1. The van der Waals surface area contributed by atoms with Crippen molar-refractivity contribution in [1.82, 2.24) is 9.88 Å². The standard InChI is InChI=1S/C19H23N3OS/c23-19(22-12-4-7-16(22)17-8-5-13-24-17)15-6-3-11-21(14-15)18-9-1-2-10-20-18/h1-2,5,8-10,13,15-16H,3-4,6-7,11-12,14H2/t15-,16-/m0/s1. The first-order valence-corrected chi connectivity index (χ1v) is 9.71. The molecule has 2 aliphatic rings. The van der Waals surface area contributed by atoms with Crippen molar-refractivity contribution in [2.75, 3.05) is 24.5 Å². The molecule has 0 bridgehead atoms. The maximum absolute atomic E-state index is 13.2. The molecule has 24 heavy (non-hydrogen) atoms. The number of carbonyl (C=O) groups is 1. The van der Waals surface area contributed by atoms with E-state index < -0.39 is 0 Å². The van der Waals surface area contributed by atoms with Crippen LogP contribution in [-0.2, 0) is 4.79 Å². The number of pyridine rings is 1. The van der Waals surface area contributed by atoms with Crippen molar-refractivity contribution in [1.29, 1.82) is 0 Å². The number of likely N-dealkylation sites (tertiary alicyclic amines) is 1. The molecule has 2 aromatic rings. The highest BCUT2D eigenvalue weighted by Gasteiger charge is 2.36. The second kappa shape index (κ2) is 6.93. The summed E-state index contributed by atoms with van der Waals surface area (Å²) in [7, 11) is 0. The first-order chi connectivity index (χ1) is 11.8. The minimum Gasteiger partial charge on any atom is -0.356 e. The van der Waals surface area contributed by atoms with Gasteiger partial charge < -0.3 is 9.80 Å². The Morgan fingerprint density at radius 3 is 2.83 bits per heavy atom. The molecule has 2 saturated heterocycles. The van der Waals surface area contributed by atoms with Gasteiger partial charge in [0.25, 0.3) is 0 Å². The zero-order chi connectivity index (χ0) is 16.4. The van der Waals surface area contributed by atoms with Gasteiger partial charge in [0.05, 0.1) is 12.0 Å². The molecule has 5 heteroatoms. The van der Waals surface area contributed by atoms with Crippen molar-refractivity contribution < 1.29 is 4.79 Å². The van der Waals surface area contributed by atoms with Crippen LogP contribution in [0.1, 0.15) is 36.6 Å². The molecule has 126 valence electrons. The van der Waals surface area contributed by atoms with Crippen LogP contribution >= 0.6 is 11.3 Å². The lowest BCUT2D eigenvalue weighted by atomic mass is 9.96. The molecule has 0 aromatic carbocycles. The van der Waals surface area contributed by atoms with Crippen LogP contribution in [0.15, 0.2) is 41.9 Å². The summed E-state index contributed by atoms with van der Waals surface area (Å²) in [5.74, 6) is 1.43. The topological polar surface area (TPSA) is 36.4 Å². The lowest BCUT2D eigenvalue weighted by molar-refractivity contribution is -0.136. The largest absolute Gasteiger partial charge is 0.356 e. The molecule has 0 spiro atoms. The summed E-state index contributed by atoms with van der Waals surface area (Å²) in [6.07, 6.45) is 6.10. The monoisotopic (exact) mass is 341 g/mol. The van der Waals surface area contributed by atoms with Gasteiger partial charge >= 0.3 is 0 Å². The summed E-state index contributed by atoms with van der Waals surface area (Å²) in [6.45, 7) is 2.69. The number of amides is 1. The van der Waals surface area contributed by atoms with E-state index in [0.717, 1.165) is 51.1 Å². The number of nitrogens with zero attached hydrogens (tertiary/aromatic N) is 3. The van der Waals surface area contributed by atoms with Gasteiger partial charge in [0, 0.05) is 30.7 Å². The smallest absolute Gasteiger partial charge is 0.228 e. The van der Waals surface area contributed by atoms with Crippen molar-refractivity contribution in [3.8, 4) is 0 Å². The Labute approximate surface area is 147 Å². The lowest BCUT2D eigenvalue weighted by Gasteiger charge is -2.36. The number of hydrogen-bond donors (Lipinski definition) is 0. The minimum absolute atomic E-state index is 0.0984. The molecule has 0 aliphatic carbocycles. The van der Waals surface area contributed by atoms with E-state index in [0.29, 0.717) is 11.9 Å². The molecule has 2 aliphatic heterocycles. The number of piperidine rings is 1. The Morgan fingerprint density at radius 2 is 2.04 bits per heavy atom. The Kier molecular flexibility index (Phi) is 4.52. The van der Waals surface area contributed by atoms with Gasteiger partial charge in [-0.2, -0.15) is 0 Å². The molecular formula is C19H23N3OS. The van der Waals surface area contributed by atoms with Gasteiger partial charge in [-0.3, -0.25) is 4.79 Å². The van der Waals surface area contributed by atoms with Crippen LogP contribution in [-0.4, -0.2) is 35.4 Å². The number of carbonyl (C=O) groups excluding carboxylic acids is 1.